The number of alkyl carbamates (subject to hydrolysis) is 1. The molecule has 5 nitrogen and oxygen atoms in total. The lowest BCUT2D eigenvalue weighted by Crippen LogP contribution is -2.25. The highest BCUT2D eigenvalue weighted by atomic mass is 16.5. The molecule has 1 atom stereocenters. The smallest absolute Gasteiger partial charge is 0.406 e. The molecule has 0 aliphatic heterocycles. The van der Waals surface area contributed by atoms with E-state index in [1.807, 2.05) is 0 Å². The van der Waals surface area contributed by atoms with Crippen molar-refractivity contribution in [3.63, 3.8) is 0 Å². The molecule has 0 heterocycles. The van der Waals surface area contributed by atoms with Crippen molar-refractivity contribution in [2.24, 2.45) is 5.92 Å². The van der Waals surface area contributed by atoms with Gasteiger partial charge in [0.15, 0.2) is 0 Å². The molecule has 0 aliphatic carbocycles. The average molecular weight is 231 g/mol. The van der Waals surface area contributed by atoms with Gasteiger partial charge in [0.25, 0.3) is 0 Å². The summed E-state index contributed by atoms with van der Waals surface area (Å²) < 4.78 is 4.45. The summed E-state index contributed by atoms with van der Waals surface area (Å²) >= 11 is 0. The van der Waals surface area contributed by atoms with Crippen molar-refractivity contribution < 1.29 is 19.4 Å². The molecule has 94 valence electrons. The van der Waals surface area contributed by atoms with E-state index in [2.05, 4.69) is 17.0 Å². The van der Waals surface area contributed by atoms with Crippen LogP contribution in [0.2, 0.25) is 0 Å². The Bertz CT molecular complexity index is 218. The molecule has 0 aromatic rings. The molecular formula is C11H21NO4. The molecule has 0 saturated heterocycles. The lowest BCUT2D eigenvalue weighted by Gasteiger charge is -2.14. The Hall–Kier alpha value is -1.26. The van der Waals surface area contributed by atoms with E-state index in [0.29, 0.717) is 18.9 Å². The maximum atomic E-state index is 10.8. The second-order valence-corrected chi connectivity index (χ2v) is 3.79. The molecule has 2 N–H and O–H groups in total. The molecule has 0 aromatic heterocycles. The van der Waals surface area contributed by atoms with Crippen LogP contribution >= 0.6 is 0 Å². The van der Waals surface area contributed by atoms with E-state index in [1.54, 1.807) is 0 Å². The molecule has 0 radical (unpaired) electrons. The number of nitrogens with one attached hydrogen (secondary N) is 1. The predicted octanol–water partition coefficient (Wildman–Crippen LogP) is 2.01. The van der Waals surface area contributed by atoms with Gasteiger partial charge in [-0.15, -0.1) is 0 Å². The van der Waals surface area contributed by atoms with Crippen molar-refractivity contribution in [2.75, 3.05) is 13.7 Å². The number of ether oxygens (including phenoxy) is 1. The zero-order valence-corrected chi connectivity index (χ0v) is 9.99. The van der Waals surface area contributed by atoms with Crippen molar-refractivity contribution in [2.45, 2.75) is 39.0 Å². The molecule has 0 spiro atoms. The Balaban J connectivity index is 3.75. The summed E-state index contributed by atoms with van der Waals surface area (Å²) in [6.45, 7) is 2.61. The van der Waals surface area contributed by atoms with Crippen LogP contribution in [0.25, 0.3) is 0 Å². The van der Waals surface area contributed by atoms with Gasteiger partial charge in [0, 0.05) is 13.0 Å². The van der Waals surface area contributed by atoms with E-state index in [0.717, 1.165) is 19.3 Å². The van der Waals surface area contributed by atoms with Crippen LogP contribution in [0.3, 0.4) is 0 Å². The third-order valence-electron chi connectivity index (χ3n) is 2.47. The van der Waals surface area contributed by atoms with Crippen LogP contribution in [0.5, 0.6) is 0 Å². The molecule has 0 aliphatic rings. The number of carbonyl (C=O) groups is 2. The van der Waals surface area contributed by atoms with Crippen LogP contribution in [0, 0.1) is 5.92 Å². The predicted molar refractivity (Wildman–Crippen MR) is 60.3 cm³/mol. The van der Waals surface area contributed by atoms with Gasteiger partial charge in [-0.05, 0) is 18.8 Å². The van der Waals surface area contributed by atoms with Crippen molar-refractivity contribution in [3.8, 4) is 0 Å². The van der Waals surface area contributed by atoms with E-state index in [9.17, 15) is 9.59 Å². The summed E-state index contributed by atoms with van der Waals surface area (Å²) in [5, 5.41) is 11.2. The SMILES string of the molecule is CCCC(CCNC(=O)OC)CCC(=O)O. The lowest BCUT2D eigenvalue weighted by atomic mass is 9.94. The van der Waals surface area contributed by atoms with Crippen molar-refractivity contribution >= 4 is 12.1 Å². The summed E-state index contributed by atoms with van der Waals surface area (Å²) in [7, 11) is 1.32. The van der Waals surface area contributed by atoms with Gasteiger partial charge in [-0.3, -0.25) is 4.79 Å². The number of rotatable bonds is 8. The van der Waals surface area contributed by atoms with E-state index < -0.39 is 12.1 Å². The standard InChI is InChI=1S/C11H21NO4/c1-3-4-9(5-6-10(13)14)7-8-12-11(15)16-2/h9H,3-8H2,1-2H3,(H,12,15)(H,13,14). The van der Waals surface area contributed by atoms with E-state index in [4.69, 9.17) is 5.11 Å². The molecule has 16 heavy (non-hydrogen) atoms. The molecule has 0 fully saturated rings. The largest absolute Gasteiger partial charge is 0.481 e. The van der Waals surface area contributed by atoms with Crippen LogP contribution in [-0.2, 0) is 9.53 Å². The second-order valence-electron chi connectivity index (χ2n) is 3.79. The fourth-order valence-corrected chi connectivity index (χ4v) is 1.62. The molecule has 1 amide bonds. The Morgan fingerprint density at radius 2 is 2.00 bits per heavy atom. The number of amides is 1. The third-order valence-corrected chi connectivity index (χ3v) is 2.47. The van der Waals surface area contributed by atoms with Gasteiger partial charge in [0.2, 0.25) is 0 Å². The van der Waals surface area contributed by atoms with Gasteiger partial charge in [-0.1, -0.05) is 19.8 Å². The van der Waals surface area contributed by atoms with Crippen LogP contribution in [0.15, 0.2) is 0 Å². The van der Waals surface area contributed by atoms with Gasteiger partial charge in [-0.2, -0.15) is 0 Å². The van der Waals surface area contributed by atoms with Crippen LogP contribution in [-0.4, -0.2) is 30.8 Å². The fourth-order valence-electron chi connectivity index (χ4n) is 1.62. The topological polar surface area (TPSA) is 75.6 Å². The number of carboxylic acid groups (broad SMARTS) is 1. The molecule has 0 rings (SSSR count). The fraction of sp³-hybridized carbons (Fsp3) is 0.818. The molecule has 0 bridgehead atoms. The van der Waals surface area contributed by atoms with Crippen LogP contribution in [0.1, 0.15) is 39.0 Å². The first kappa shape index (κ1) is 14.7. The first-order chi connectivity index (χ1) is 7.60. The van der Waals surface area contributed by atoms with E-state index in [-0.39, 0.29) is 6.42 Å². The average Bonchev–Trinajstić information content (AvgIpc) is 2.25. The highest BCUT2D eigenvalue weighted by molar-refractivity contribution is 5.67. The zero-order chi connectivity index (χ0) is 12.4. The van der Waals surface area contributed by atoms with Gasteiger partial charge >= 0.3 is 12.1 Å². The monoisotopic (exact) mass is 231 g/mol. The number of hydrogen-bond donors (Lipinski definition) is 2. The second kappa shape index (κ2) is 9.00. The van der Waals surface area contributed by atoms with Crippen LogP contribution in [0.4, 0.5) is 4.79 Å². The number of methoxy groups -OCH3 is 1. The van der Waals surface area contributed by atoms with Gasteiger partial charge < -0.3 is 15.2 Å². The summed E-state index contributed by atoms with van der Waals surface area (Å²) in [4.78, 5) is 21.2. The highest BCUT2D eigenvalue weighted by Crippen LogP contribution is 2.17. The Kier molecular flexibility index (Phi) is 8.29. The van der Waals surface area contributed by atoms with Crippen molar-refractivity contribution in [1.29, 1.82) is 0 Å². The summed E-state index contributed by atoms with van der Waals surface area (Å²) in [5.41, 5.74) is 0. The summed E-state index contributed by atoms with van der Waals surface area (Å²) in [5.74, 6) is -0.403. The molecule has 5 heteroatoms. The number of carboxylic acids is 1. The van der Waals surface area contributed by atoms with Crippen LogP contribution < -0.4 is 5.32 Å². The lowest BCUT2D eigenvalue weighted by molar-refractivity contribution is -0.137. The quantitative estimate of drug-likeness (QED) is 0.670. The maximum Gasteiger partial charge on any atom is 0.406 e. The Morgan fingerprint density at radius 3 is 2.50 bits per heavy atom. The van der Waals surface area contributed by atoms with E-state index in [1.165, 1.54) is 7.11 Å². The van der Waals surface area contributed by atoms with Gasteiger partial charge in [0.1, 0.15) is 0 Å². The highest BCUT2D eigenvalue weighted by Gasteiger charge is 2.10. The molecule has 1 unspecified atom stereocenters. The van der Waals surface area contributed by atoms with Gasteiger partial charge in [-0.25, -0.2) is 4.79 Å². The van der Waals surface area contributed by atoms with E-state index >= 15 is 0 Å². The minimum Gasteiger partial charge on any atom is -0.481 e. The Morgan fingerprint density at radius 1 is 1.31 bits per heavy atom. The third kappa shape index (κ3) is 8.08. The van der Waals surface area contributed by atoms with Gasteiger partial charge in [0.05, 0.1) is 7.11 Å². The minimum atomic E-state index is -0.762. The van der Waals surface area contributed by atoms with Crippen molar-refractivity contribution in [3.05, 3.63) is 0 Å². The first-order valence-electron chi connectivity index (χ1n) is 5.63. The number of carbonyl (C=O) groups excluding carboxylic acids is 1. The number of aliphatic carboxylic acids is 1. The number of hydrogen-bond acceptors (Lipinski definition) is 3. The summed E-state index contributed by atoms with van der Waals surface area (Å²) in [6, 6.07) is 0. The molecular weight excluding hydrogens is 210 g/mol. The Labute approximate surface area is 96.2 Å². The zero-order valence-electron chi connectivity index (χ0n) is 9.99. The minimum absolute atomic E-state index is 0.197. The summed E-state index contributed by atoms with van der Waals surface area (Å²) in [6.07, 6.45) is 3.26. The normalized spacial score (nSPS) is 11.9. The first-order valence-corrected chi connectivity index (χ1v) is 5.63. The molecule has 0 aromatic carbocycles. The van der Waals surface area contributed by atoms with Crippen molar-refractivity contribution in [1.82, 2.24) is 5.32 Å². The molecule has 0 saturated carbocycles. The maximum absolute atomic E-state index is 10.8.